The molecule has 3 nitrogen and oxygen atoms in total. The van der Waals surface area contributed by atoms with Crippen LogP contribution in [0.5, 0.6) is 11.5 Å². The van der Waals surface area contributed by atoms with Crippen molar-refractivity contribution in [1.82, 2.24) is 0 Å². The minimum Gasteiger partial charge on any atom is -0.504 e. The van der Waals surface area contributed by atoms with E-state index in [0.29, 0.717) is 11.1 Å². The molecule has 0 atom stereocenters. The number of phenolic OH excluding ortho intramolecular Hbond substituents is 2. The highest BCUT2D eigenvalue weighted by molar-refractivity contribution is 6.09. The standard InChI is InChI=1S/C17H18O3/c1-17(2,3)13-7-4-11(5-8-13)16(20)12-6-9-14(18)15(19)10-12/h4-10,18-19H,1-3H3. The van der Waals surface area contributed by atoms with E-state index in [1.165, 1.54) is 18.2 Å². The Kier molecular flexibility index (Phi) is 3.53. The molecule has 0 aliphatic carbocycles. The lowest BCUT2D eigenvalue weighted by Gasteiger charge is -2.19. The van der Waals surface area contributed by atoms with Crippen LogP contribution in [0.3, 0.4) is 0 Å². The minimum absolute atomic E-state index is 0.0401. The molecule has 0 saturated carbocycles. The molecule has 2 rings (SSSR count). The average Bonchev–Trinajstić information content (AvgIpc) is 2.40. The Bertz CT molecular complexity index is 634. The lowest BCUT2D eigenvalue weighted by molar-refractivity contribution is 0.103. The number of aromatic hydroxyl groups is 2. The summed E-state index contributed by atoms with van der Waals surface area (Å²) in [6.07, 6.45) is 0. The zero-order valence-electron chi connectivity index (χ0n) is 11.8. The van der Waals surface area contributed by atoms with Gasteiger partial charge in [0.1, 0.15) is 0 Å². The van der Waals surface area contributed by atoms with E-state index in [0.717, 1.165) is 5.56 Å². The summed E-state index contributed by atoms with van der Waals surface area (Å²) in [5.41, 5.74) is 2.10. The van der Waals surface area contributed by atoms with E-state index in [9.17, 15) is 15.0 Å². The summed E-state index contributed by atoms with van der Waals surface area (Å²) >= 11 is 0. The first-order valence-electron chi connectivity index (χ1n) is 6.46. The summed E-state index contributed by atoms with van der Waals surface area (Å²) in [6, 6.07) is 11.5. The molecule has 0 fully saturated rings. The van der Waals surface area contributed by atoms with E-state index < -0.39 is 0 Å². The fourth-order valence-electron chi connectivity index (χ4n) is 1.95. The van der Waals surface area contributed by atoms with Gasteiger partial charge in [0, 0.05) is 11.1 Å². The zero-order chi connectivity index (χ0) is 14.9. The van der Waals surface area contributed by atoms with Crippen LogP contribution >= 0.6 is 0 Å². The van der Waals surface area contributed by atoms with E-state index in [-0.39, 0.29) is 22.7 Å². The first-order valence-corrected chi connectivity index (χ1v) is 6.46. The van der Waals surface area contributed by atoms with E-state index in [2.05, 4.69) is 20.8 Å². The van der Waals surface area contributed by atoms with Gasteiger partial charge >= 0.3 is 0 Å². The molecule has 3 heteroatoms. The number of rotatable bonds is 2. The number of ketones is 1. The molecule has 0 radical (unpaired) electrons. The van der Waals surface area contributed by atoms with Gasteiger partial charge in [-0.2, -0.15) is 0 Å². The van der Waals surface area contributed by atoms with Crippen molar-refractivity contribution in [2.24, 2.45) is 0 Å². The molecular formula is C17H18O3. The maximum absolute atomic E-state index is 12.3. The molecule has 20 heavy (non-hydrogen) atoms. The molecule has 0 aliphatic rings. The third-order valence-corrected chi connectivity index (χ3v) is 3.25. The van der Waals surface area contributed by atoms with Crippen molar-refractivity contribution < 1.29 is 15.0 Å². The number of phenols is 2. The zero-order valence-corrected chi connectivity index (χ0v) is 11.8. The third kappa shape index (κ3) is 2.82. The Hall–Kier alpha value is -2.29. The van der Waals surface area contributed by atoms with Crippen LogP contribution < -0.4 is 0 Å². The van der Waals surface area contributed by atoms with Crippen molar-refractivity contribution in [1.29, 1.82) is 0 Å². The van der Waals surface area contributed by atoms with Crippen molar-refractivity contribution in [3.05, 3.63) is 59.2 Å². The lowest BCUT2D eigenvalue weighted by Crippen LogP contribution is -2.11. The fourth-order valence-corrected chi connectivity index (χ4v) is 1.95. The molecule has 104 valence electrons. The third-order valence-electron chi connectivity index (χ3n) is 3.25. The summed E-state index contributed by atoms with van der Waals surface area (Å²) in [4.78, 5) is 12.3. The molecule has 0 aliphatic heterocycles. The van der Waals surface area contributed by atoms with Gasteiger partial charge in [0.25, 0.3) is 0 Å². The molecule has 0 bridgehead atoms. The summed E-state index contributed by atoms with van der Waals surface area (Å²) in [7, 11) is 0. The molecule has 0 amide bonds. The quantitative estimate of drug-likeness (QED) is 0.647. The second-order valence-electron chi connectivity index (χ2n) is 5.86. The maximum atomic E-state index is 12.3. The lowest BCUT2D eigenvalue weighted by atomic mass is 9.86. The Balaban J connectivity index is 2.31. The van der Waals surface area contributed by atoms with E-state index in [1.807, 2.05) is 12.1 Å². The van der Waals surface area contributed by atoms with Gasteiger partial charge in [0.2, 0.25) is 0 Å². The average molecular weight is 270 g/mol. The first kappa shape index (κ1) is 14.1. The van der Waals surface area contributed by atoms with E-state index in [4.69, 9.17) is 0 Å². The highest BCUT2D eigenvalue weighted by atomic mass is 16.3. The van der Waals surface area contributed by atoms with Crippen LogP contribution in [0.2, 0.25) is 0 Å². The van der Waals surface area contributed by atoms with Crippen LogP contribution in [0.15, 0.2) is 42.5 Å². The van der Waals surface area contributed by atoms with Crippen LogP contribution in [0.1, 0.15) is 42.3 Å². The highest BCUT2D eigenvalue weighted by Crippen LogP contribution is 2.27. The summed E-state index contributed by atoms with van der Waals surface area (Å²) in [5, 5.41) is 18.7. The minimum atomic E-state index is -0.290. The number of hydrogen-bond acceptors (Lipinski definition) is 3. The van der Waals surface area contributed by atoms with Gasteiger partial charge in [-0.3, -0.25) is 4.79 Å². The van der Waals surface area contributed by atoms with Gasteiger partial charge in [-0.25, -0.2) is 0 Å². The molecule has 2 N–H and O–H groups in total. The van der Waals surface area contributed by atoms with Gasteiger partial charge < -0.3 is 10.2 Å². The van der Waals surface area contributed by atoms with Gasteiger partial charge in [0.05, 0.1) is 0 Å². The second-order valence-corrected chi connectivity index (χ2v) is 5.86. The normalized spacial score (nSPS) is 11.3. The van der Waals surface area contributed by atoms with Crippen LogP contribution in [0.25, 0.3) is 0 Å². The Labute approximate surface area is 118 Å². The van der Waals surface area contributed by atoms with Crippen LogP contribution in [0.4, 0.5) is 0 Å². The Morgan fingerprint density at radius 1 is 0.850 bits per heavy atom. The van der Waals surface area contributed by atoms with Gasteiger partial charge in [-0.05, 0) is 29.2 Å². The molecule has 0 aromatic heterocycles. The van der Waals surface area contributed by atoms with Gasteiger partial charge in [-0.15, -0.1) is 0 Å². The van der Waals surface area contributed by atoms with Crippen molar-refractivity contribution in [3.8, 4) is 11.5 Å². The topological polar surface area (TPSA) is 57.5 Å². The van der Waals surface area contributed by atoms with Crippen LogP contribution in [-0.2, 0) is 5.41 Å². The number of carbonyl (C=O) groups excluding carboxylic acids is 1. The largest absolute Gasteiger partial charge is 0.504 e. The fraction of sp³-hybridized carbons (Fsp3) is 0.235. The Morgan fingerprint density at radius 3 is 1.90 bits per heavy atom. The van der Waals surface area contributed by atoms with Gasteiger partial charge in [0.15, 0.2) is 17.3 Å². The molecule has 0 heterocycles. The van der Waals surface area contributed by atoms with Crippen molar-refractivity contribution in [2.75, 3.05) is 0 Å². The number of carbonyl (C=O) groups is 1. The molecule has 0 spiro atoms. The number of hydrogen-bond donors (Lipinski definition) is 2. The SMILES string of the molecule is CC(C)(C)c1ccc(C(=O)c2ccc(O)c(O)c2)cc1. The van der Waals surface area contributed by atoms with Crippen molar-refractivity contribution in [3.63, 3.8) is 0 Å². The highest BCUT2D eigenvalue weighted by Gasteiger charge is 2.15. The second kappa shape index (κ2) is 5.00. The molecular weight excluding hydrogens is 252 g/mol. The number of benzene rings is 2. The first-order chi connectivity index (χ1) is 9.29. The molecule has 2 aromatic carbocycles. The monoisotopic (exact) mass is 270 g/mol. The summed E-state index contributed by atoms with van der Waals surface area (Å²) in [6.45, 7) is 6.34. The smallest absolute Gasteiger partial charge is 0.193 e. The van der Waals surface area contributed by atoms with E-state index in [1.54, 1.807) is 12.1 Å². The van der Waals surface area contributed by atoms with E-state index >= 15 is 0 Å². The summed E-state index contributed by atoms with van der Waals surface area (Å²) < 4.78 is 0. The molecule has 2 aromatic rings. The van der Waals surface area contributed by atoms with Crippen LogP contribution in [-0.4, -0.2) is 16.0 Å². The molecule has 0 unspecified atom stereocenters. The van der Waals surface area contributed by atoms with Gasteiger partial charge in [-0.1, -0.05) is 45.0 Å². The van der Waals surface area contributed by atoms with Crippen molar-refractivity contribution in [2.45, 2.75) is 26.2 Å². The Morgan fingerprint density at radius 2 is 1.40 bits per heavy atom. The predicted molar refractivity (Wildman–Crippen MR) is 78.3 cm³/mol. The maximum Gasteiger partial charge on any atom is 0.193 e. The van der Waals surface area contributed by atoms with Crippen molar-refractivity contribution >= 4 is 5.78 Å². The molecule has 0 saturated heterocycles. The predicted octanol–water partition coefficient (Wildman–Crippen LogP) is 3.63. The van der Waals surface area contributed by atoms with Crippen LogP contribution in [0, 0.1) is 0 Å². The summed E-state index contributed by atoms with van der Waals surface area (Å²) in [5.74, 6) is -0.701.